The van der Waals surface area contributed by atoms with Gasteiger partial charge in [-0.15, -0.1) is 0 Å². The fraction of sp³-hybridized carbons (Fsp3) is 0.500. The molecule has 2 unspecified atom stereocenters. The maximum absolute atomic E-state index is 13.2. The molecule has 2 atom stereocenters. The van der Waals surface area contributed by atoms with E-state index in [-0.39, 0.29) is 12.0 Å². The fourth-order valence-corrected chi connectivity index (χ4v) is 5.28. The normalized spacial score (nSPS) is 24.0. The summed E-state index contributed by atoms with van der Waals surface area (Å²) in [5, 5.41) is 0.796. The van der Waals surface area contributed by atoms with E-state index in [1.165, 1.54) is 0 Å². The first-order chi connectivity index (χ1) is 10.3. The third-order valence-electron chi connectivity index (χ3n) is 4.87. The van der Waals surface area contributed by atoms with Crippen LogP contribution >= 0.6 is 0 Å². The van der Waals surface area contributed by atoms with Crippen LogP contribution in [0.4, 0.5) is 0 Å². The molecule has 2 heterocycles. The summed E-state index contributed by atoms with van der Waals surface area (Å²) in [6.45, 7) is 4.87. The van der Waals surface area contributed by atoms with Crippen LogP contribution in [0.1, 0.15) is 19.0 Å². The second kappa shape index (κ2) is 5.37. The van der Waals surface area contributed by atoms with Crippen molar-refractivity contribution < 1.29 is 8.42 Å². The maximum Gasteiger partial charge on any atom is 0.245 e. The molecule has 0 amide bonds. The molecule has 2 N–H and O–H groups in total. The molecule has 0 bridgehead atoms. The minimum Gasteiger partial charge on any atom is -0.347 e. The third-order valence-corrected chi connectivity index (χ3v) is 6.92. The van der Waals surface area contributed by atoms with Crippen LogP contribution in [0.25, 0.3) is 10.9 Å². The van der Waals surface area contributed by atoms with Gasteiger partial charge >= 0.3 is 0 Å². The number of hydrogen-bond donors (Lipinski definition) is 1. The molecule has 0 radical (unpaired) electrons. The van der Waals surface area contributed by atoms with Gasteiger partial charge in [-0.2, -0.15) is 4.31 Å². The largest absolute Gasteiger partial charge is 0.347 e. The van der Waals surface area contributed by atoms with Gasteiger partial charge in [-0.25, -0.2) is 8.42 Å². The Hall–Kier alpha value is -1.37. The van der Waals surface area contributed by atoms with Crippen molar-refractivity contribution in [2.24, 2.45) is 18.7 Å². The predicted octanol–water partition coefficient (Wildman–Crippen LogP) is 1.84. The van der Waals surface area contributed by atoms with Gasteiger partial charge in [0.05, 0.1) is 0 Å². The zero-order chi connectivity index (χ0) is 16.1. The quantitative estimate of drug-likeness (QED) is 0.918. The summed E-state index contributed by atoms with van der Waals surface area (Å²) in [5.41, 5.74) is 7.75. The average Bonchev–Trinajstić information content (AvgIpc) is 2.74. The molecule has 6 heteroatoms. The number of nitrogens with zero attached hydrogens (tertiary/aromatic N) is 2. The Morgan fingerprint density at radius 3 is 2.64 bits per heavy atom. The summed E-state index contributed by atoms with van der Waals surface area (Å²) in [7, 11) is -1.59. The molecule has 1 aliphatic rings. The van der Waals surface area contributed by atoms with E-state index < -0.39 is 10.0 Å². The lowest BCUT2D eigenvalue weighted by Gasteiger charge is -2.34. The Kier molecular flexibility index (Phi) is 3.79. The first-order valence-corrected chi connectivity index (χ1v) is 9.07. The lowest BCUT2D eigenvalue weighted by atomic mass is 9.96. The van der Waals surface area contributed by atoms with E-state index in [2.05, 4.69) is 0 Å². The fourth-order valence-electron chi connectivity index (χ4n) is 3.28. The molecule has 1 fully saturated rings. The molecule has 120 valence electrons. The smallest absolute Gasteiger partial charge is 0.245 e. The second-order valence-electron chi connectivity index (χ2n) is 6.28. The van der Waals surface area contributed by atoms with Gasteiger partial charge in [-0.3, -0.25) is 0 Å². The van der Waals surface area contributed by atoms with E-state index in [0.29, 0.717) is 24.4 Å². The van der Waals surface area contributed by atoms with Gasteiger partial charge in [-0.05, 0) is 25.3 Å². The van der Waals surface area contributed by atoms with Crippen molar-refractivity contribution in [3.05, 3.63) is 30.0 Å². The predicted molar refractivity (Wildman–Crippen MR) is 88.2 cm³/mol. The highest BCUT2D eigenvalue weighted by Gasteiger charge is 2.35. The van der Waals surface area contributed by atoms with E-state index in [1.54, 1.807) is 4.31 Å². The first kappa shape index (κ1) is 15.5. The zero-order valence-corrected chi connectivity index (χ0v) is 14.1. The molecule has 22 heavy (non-hydrogen) atoms. The number of fused-ring (bicyclic) bond motifs is 1. The SMILES string of the molecule is Cc1c(S(=O)(=O)N2CCC(N)C(C)C2)c2ccccc2n1C. The molecule has 1 saturated heterocycles. The molecule has 1 aliphatic heterocycles. The Balaban J connectivity index is 2.12. The summed E-state index contributed by atoms with van der Waals surface area (Å²) in [6.07, 6.45) is 0.713. The average molecular weight is 321 g/mol. The molecular weight excluding hydrogens is 298 g/mol. The van der Waals surface area contributed by atoms with Crippen molar-refractivity contribution in [2.75, 3.05) is 13.1 Å². The van der Waals surface area contributed by atoms with Crippen molar-refractivity contribution >= 4 is 20.9 Å². The molecule has 0 spiro atoms. The van der Waals surface area contributed by atoms with Crippen LogP contribution in [0.3, 0.4) is 0 Å². The number of para-hydroxylation sites is 1. The van der Waals surface area contributed by atoms with Gasteiger partial charge in [-0.1, -0.05) is 25.1 Å². The van der Waals surface area contributed by atoms with Gasteiger partial charge < -0.3 is 10.3 Å². The number of aryl methyl sites for hydroxylation is 1. The highest BCUT2D eigenvalue weighted by atomic mass is 32.2. The van der Waals surface area contributed by atoms with Crippen molar-refractivity contribution in [2.45, 2.75) is 31.2 Å². The van der Waals surface area contributed by atoms with E-state index in [4.69, 9.17) is 5.73 Å². The van der Waals surface area contributed by atoms with Crippen LogP contribution < -0.4 is 5.73 Å². The number of benzene rings is 1. The highest BCUT2D eigenvalue weighted by Crippen LogP contribution is 2.32. The Labute approximate surface area is 131 Å². The maximum atomic E-state index is 13.2. The number of hydrogen-bond acceptors (Lipinski definition) is 3. The van der Waals surface area contributed by atoms with E-state index >= 15 is 0 Å². The number of rotatable bonds is 2. The van der Waals surface area contributed by atoms with Gasteiger partial charge in [0.2, 0.25) is 10.0 Å². The van der Waals surface area contributed by atoms with Gasteiger partial charge in [0.25, 0.3) is 0 Å². The highest BCUT2D eigenvalue weighted by molar-refractivity contribution is 7.89. The van der Waals surface area contributed by atoms with E-state index in [0.717, 1.165) is 16.6 Å². The van der Waals surface area contributed by atoms with Crippen LogP contribution in [0, 0.1) is 12.8 Å². The van der Waals surface area contributed by atoms with Gasteiger partial charge in [0.1, 0.15) is 4.90 Å². The molecule has 3 rings (SSSR count). The molecule has 5 nitrogen and oxygen atoms in total. The lowest BCUT2D eigenvalue weighted by Crippen LogP contribution is -2.48. The van der Waals surface area contributed by atoms with Crippen LogP contribution in [0.2, 0.25) is 0 Å². The molecule has 2 aromatic rings. The third kappa shape index (κ3) is 2.26. The van der Waals surface area contributed by atoms with Crippen molar-refractivity contribution in [3.8, 4) is 0 Å². The number of aromatic nitrogens is 1. The van der Waals surface area contributed by atoms with Crippen LogP contribution in [-0.2, 0) is 17.1 Å². The summed E-state index contributed by atoms with van der Waals surface area (Å²) < 4.78 is 29.9. The summed E-state index contributed by atoms with van der Waals surface area (Å²) in [4.78, 5) is 0.438. The zero-order valence-electron chi connectivity index (χ0n) is 13.3. The summed E-state index contributed by atoms with van der Waals surface area (Å²) in [6, 6.07) is 7.74. The monoisotopic (exact) mass is 321 g/mol. The number of piperidine rings is 1. The Morgan fingerprint density at radius 2 is 1.95 bits per heavy atom. The standard InChI is InChI=1S/C16H23N3O2S/c1-11-10-19(9-8-14(11)17)22(20,21)16-12(2)18(3)15-7-5-4-6-13(15)16/h4-7,11,14H,8-10,17H2,1-3H3. The van der Waals surface area contributed by atoms with E-state index in [9.17, 15) is 8.42 Å². The molecular formula is C16H23N3O2S. The molecule has 1 aromatic carbocycles. The van der Waals surface area contributed by atoms with Crippen LogP contribution in [-0.4, -0.2) is 36.4 Å². The molecule has 0 aliphatic carbocycles. The first-order valence-electron chi connectivity index (χ1n) is 7.63. The minimum absolute atomic E-state index is 0.0834. The topological polar surface area (TPSA) is 68.3 Å². The van der Waals surface area contributed by atoms with Gasteiger partial charge in [0, 0.05) is 42.8 Å². The summed E-state index contributed by atoms with van der Waals surface area (Å²) in [5.74, 6) is 0.179. The van der Waals surface area contributed by atoms with E-state index in [1.807, 2.05) is 49.7 Å². The molecule has 0 saturated carbocycles. The van der Waals surface area contributed by atoms with Crippen LogP contribution in [0.5, 0.6) is 0 Å². The molecule has 1 aromatic heterocycles. The Morgan fingerprint density at radius 1 is 1.27 bits per heavy atom. The Bertz CT molecular complexity index is 810. The van der Waals surface area contributed by atoms with Crippen LogP contribution in [0.15, 0.2) is 29.2 Å². The number of sulfonamides is 1. The number of nitrogens with two attached hydrogens (primary N) is 1. The second-order valence-corrected chi connectivity index (χ2v) is 8.16. The van der Waals surface area contributed by atoms with Crippen molar-refractivity contribution in [1.82, 2.24) is 8.87 Å². The lowest BCUT2D eigenvalue weighted by molar-refractivity contribution is 0.250. The van der Waals surface area contributed by atoms with Crippen molar-refractivity contribution in [3.63, 3.8) is 0 Å². The van der Waals surface area contributed by atoms with Gasteiger partial charge in [0.15, 0.2) is 0 Å². The van der Waals surface area contributed by atoms with Crippen molar-refractivity contribution in [1.29, 1.82) is 0 Å². The minimum atomic E-state index is -3.50. The summed E-state index contributed by atoms with van der Waals surface area (Å²) >= 11 is 0.